The molecule has 0 N–H and O–H groups in total. The van der Waals surface area contributed by atoms with Gasteiger partial charge in [-0.25, -0.2) is 0 Å². The van der Waals surface area contributed by atoms with Crippen LogP contribution in [0.4, 0.5) is 0 Å². The van der Waals surface area contributed by atoms with Crippen LogP contribution in [-0.2, 0) is 0 Å². The molecule has 0 aliphatic heterocycles. The molecule has 0 spiro atoms. The molecule has 94 heavy (non-hydrogen) atoms. The van der Waals surface area contributed by atoms with Gasteiger partial charge >= 0.3 is 0 Å². The quantitative estimate of drug-likeness (QED) is 0.149. The Kier molecular flexibility index (Phi) is 11.5. The lowest BCUT2D eigenvalue weighted by molar-refractivity contribution is 0.669. The van der Waals surface area contributed by atoms with Gasteiger partial charge in [-0.2, -0.15) is 0 Å². The van der Waals surface area contributed by atoms with Gasteiger partial charge in [-0.15, -0.1) is 0 Å². The molecule has 0 saturated heterocycles. The molecule has 18 aromatic carbocycles. The Labute approximate surface area is 541 Å². The summed E-state index contributed by atoms with van der Waals surface area (Å²) in [6, 6.07) is 121. The Morgan fingerprint density at radius 1 is 0.149 bits per heavy atom. The lowest BCUT2D eigenvalue weighted by atomic mass is 9.82. The summed E-state index contributed by atoms with van der Waals surface area (Å²) in [4.78, 5) is 0. The number of rotatable bonds is 7. The van der Waals surface area contributed by atoms with Crippen molar-refractivity contribution < 1.29 is 8.83 Å². The highest BCUT2D eigenvalue weighted by atomic mass is 16.3. The molecule has 2 aromatic heterocycles. The summed E-state index contributed by atoms with van der Waals surface area (Å²) in [7, 11) is 0. The van der Waals surface area contributed by atoms with Crippen molar-refractivity contribution in [3.8, 4) is 77.9 Å². The monoisotopic (exact) mass is 1190 g/mol. The summed E-state index contributed by atoms with van der Waals surface area (Å²) in [5.41, 5.74) is 20.1. The Balaban J connectivity index is 0.768. The topological polar surface area (TPSA) is 26.3 Å². The van der Waals surface area contributed by atoms with Gasteiger partial charge < -0.3 is 8.83 Å². The molecule has 0 fully saturated rings. The second-order valence-corrected chi connectivity index (χ2v) is 25.1. The molecule has 20 aromatic rings. The molecule has 20 rings (SSSR count). The van der Waals surface area contributed by atoms with Crippen molar-refractivity contribution >= 4 is 130 Å². The highest BCUT2D eigenvalue weighted by molar-refractivity contribution is 6.34. The van der Waals surface area contributed by atoms with Gasteiger partial charge in [0, 0.05) is 21.5 Å². The number of hydrogen-bond acceptors (Lipinski definition) is 2. The van der Waals surface area contributed by atoms with Gasteiger partial charge in [0.2, 0.25) is 0 Å². The fourth-order valence-electron chi connectivity index (χ4n) is 16.3. The van der Waals surface area contributed by atoms with E-state index in [-0.39, 0.29) is 0 Å². The van der Waals surface area contributed by atoms with Crippen LogP contribution < -0.4 is 0 Å². The minimum atomic E-state index is 0.868. The fourth-order valence-corrected chi connectivity index (χ4v) is 16.3. The van der Waals surface area contributed by atoms with Crippen molar-refractivity contribution in [2.75, 3.05) is 0 Å². The average Bonchev–Trinajstić information content (AvgIpc) is 1.20. The second kappa shape index (κ2) is 20.6. The second-order valence-electron chi connectivity index (χ2n) is 25.1. The van der Waals surface area contributed by atoms with Gasteiger partial charge in [-0.3, -0.25) is 0 Å². The average molecular weight is 1190 g/mol. The van der Waals surface area contributed by atoms with Crippen LogP contribution in [0.3, 0.4) is 0 Å². The molecule has 0 saturated carbocycles. The number of benzene rings is 18. The smallest absolute Gasteiger partial charge is 0.136 e. The van der Waals surface area contributed by atoms with Crippen molar-refractivity contribution in [2.45, 2.75) is 0 Å². The zero-order valence-electron chi connectivity index (χ0n) is 51.0. The molecule has 0 radical (unpaired) electrons. The summed E-state index contributed by atoms with van der Waals surface area (Å²) < 4.78 is 14.1. The van der Waals surface area contributed by atoms with Crippen LogP contribution in [0, 0.1) is 0 Å². The van der Waals surface area contributed by atoms with Crippen LogP contribution in [-0.4, -0.2) is 0 Å². The van der Waals surface area contributed by atoms with Crippen LogP contribution in [0.2, 0.25) is 0 Å². The Hall–Kier alpha value is -12.4. The van der Waals surface area contributed by atoms with E-state index in [1.807, 2.05) is 0 Å². The van der Waals surface area contributed by atoms with Crippen molar-refractivity contribution in [1.29, 1.82) is 0 Å². The van der Waals surface area contributed by atoms with E-state index < -0.39 is 0 Å². The normalized spacial score (nSPS) is 12.0. The summed E-state index contributed by atoms with van der Waals surface area (Å²) in [6.07, 6.45) is 0. The third kappa shape index (κ3) is 7.78. The van der Waals surface area contributed by atoms with Crippen LogP contribution >= 0.6 is 0 Å². The van der Waals surface area contributed by atoms with Gasteiger partial charge in [0.1, 0.15) is 22.3 Å². The molecule has 0 aliphatic carbocycles. The molecule has 2 heteroatoms. The molecule has 0 bridgehead atoms. The van der Waals surface area contributed by atoms with Crippen LogP contribution in [0.25, 0.3) is 208 Å². The van der Waals surface area contributed by atoms with Crippen LogP contribution in [0.15, 0.2) is 336 Å². The molecule has 0 unspecified atom stereocenters. The first-order valence-corrected chi connectivity index (χ1v) is 32.5. The molecule has 2 heterocycles. The lowest BCUT2D eigenvalue weighted by Crippen LogP contribution is -1.94. The third-order valence-electron chi connectivity index (χ3n) is 20.2. The van der Waals surface area contributed by atoms with Gasteiger partial charge in [0.25, 0.3) is 0 Å². The zero-order valence-corrected chi connectivity index (χ0v) is 51.0. The van der Waals surface area contributed by atoms with E-state index in [9.17, 15) is 0 Å². The van der Waals surface area contributed by atoms with Crippen molar-refractivity contribution in [1.82, 2.24) is 0 Å². The third-order valence-corrected chi connectivity index (χ3v) is 20.2. The SMILES string of the molecule is c1ccc(-c2cccc(-c3c4ccccc4c(-c4cc5oc6ccc7c(-c8ccc(-c9c%10ccccc%10c(-c%10cc%11oc%12ccc%13ccccc%13c%12c%11c%11ccccc%10%11)c%10ccccc9%10)c(-c9ccccc9)c8)cccc7c6c5c5ccccc45)c4ccccc34)c2)cc1. The van der Waals surface area contributed by atoms with Crippen LogP contribution in [0.1, 0.15) is 0 Å². The fraction of sp³-hybridized carbons (Fsp3) is 0. The standard InChI is InChI=1S/C92H54O2/c1-3-23-55(24-4-1)58-28-21-29-60(51-58)85-69-35-13-15-37-71(69)87(72-38-16-14-36-70(72)85)79-54-84-92(67-34-12-10-32-64(67)79)90-68-44-22-43-61(65(68)48-50-82(90)94-84)59-45-47-77(78(52-59)56-25-5-2-6-26-56)86-73-39-17-19-41-75(73)88(76-42-20-18-40-74(76)86)80-53-83-91(66-33-11-9-31-63(66)80)89-62-30-8-7-27-57(62)46-49-81(89)93-83/h1-54H. The van der Waals surface area contributed by atoms with E-state index in [0.717, 1.165) is 82.5 Å². The van der Waals surface area contributed by atoms with Crippen molar-refractivity contribution in [2.24, 2.45) is 0 Å². The van der Waals surface area contributed by atoms with Gasteiger partial charge in [0.05, 0.1) is 0 Å². The minimum Gasteiger partial charge on any atom is -0.456 e. The molecule has 0 aliphatic rings. The lowest BCUT2D eigenvalue weighted by Gasteiger charge is -2.21. The molecular weight excluding hydrogens is 1140 g/mol. The van der Waals surface area contributed by atoms with E-state index in [1.54, 1.807) is 0 Å². The number of furan rings is 2. The van der Waals surface area contributed by atoms with Gasteiger partial charge in [-0.05, 0) is 200 Å². The predicted molar refractivity (Wildman–Crippen MR) is 399 cm³/mol. The van der Waals surface area contributed by atoms with E-state index in [2.05, 4.69) is 328 Å². The largest absolute Gasteiger partial charge is 0.456 e. The number of fused-ring (bicyclic) bond motifs is 18. The van der Waals surface area contributed by atoms with Gasteiger partial charge in [0.15, 0.2) is 0 Å². The Morgan fingerprint density at radius 3 is 1.06 bits per heavy atom. The van der Waals surface area contributed by atoms with E-state index in [4.69, 9.17) is 8.83 Å². The molecular formula is C92H54O2. The first-order valence-electron chi connectivity index (χ1n) is 32.5. The highest BCUT2D eigenvalue weighted by Crippen LogP contribution is 2.53. The highest BCUT2D eigenvalue weighted by Gasteiger charge is 2.26. The molecule has 2 nitrogen and oxygen atoms in total. The van der Waals surface area contributed by atoms with Gasteiger partial charge in [-0.1, -0.05) is 291 Å². The summed E-state index contributed by atoms with van der Waals surface area (Å²) in [5, 5.41) is 23.6. The molecule has 434 valence electrons. The minimum absolute atomic E-state index is 0.868. The van der Waals surface area contributed by atoms with E-state index in [0.29, 0.717) is 0 Å². The zero-order chi connectivity index (χ0) is 61.5. The number of hydrogen-bond donors (Lipinski definition) is 0. The summed E-state index contributed by atoms with van der Waals surface area (Å²) in [5.74, 6) is 0. The van der Waals surface area contributed by atoms with E-state index >= 15 is 0 Å². The Morgan fingerprint density at radius 2 is 0.521 bits per heavy atom. The maximum absolute atomic E-state index is 7.16. The van der Waals surface area contributed by atoms with Crippen molar-refractivity contribution in [3.63, 3.8) is 0 Å². The summed E-state index contributed by atoms with van der Waals surface area (Å²) in [6.45, 7) is 0. The Bertz CT molecular complexity index is 6470. The first-order chi connectivity index (χ1) is 46.7. The molecule has 0 atom stereocenters. The summed E-state index contributed by atoms with van der Waals surface area (Å²) >= 11 is 0. The van der Waals surface area contributed by atoms with E-state index in [1.165, 1.54) is 125 Å². The molecule has 0 amide bonds. The first kappa shape index (κ1) is 52.4. The maximum atomic E-state index is 7.16. The maximum Gasteiger partial charge on any atom is 0.136 e. The van der Waals surface area contributed by atoms with Crippen LogP contribution in [0.5, 0.6) is 0 Å². The van der Waals surface area contributed by atoms with Crippen molar-refractivity contribution in [3.05, 3.63) is 328 Å². The predicted octanol–water partition coefficient (Wildman–Crippen LogP) is 26.4.